The van der Waals surface area contributed by atoms with Crippen LogP contribution in [0.1, 0.15) is 12.5 Å². The summed E-state index contributed by atoms with van der Waals surface area (Å²) in [6.45, 7) is 1.70. The summed E-state index contributed by atoms with van der Waals surface area (Å²) in [4.78, 5) is 4.42. The Bertz CT molecular complexity index is 900. The van der Waals surface area contributed by atoms with Gasteiger partial charge in [-0.25, -0.2) is 17.4 Å². The minimum Gasteiger partial charge on any atom is -0.393 e. The van der Waals surface area contributed by atoms with Gasteiger partial charge in [-0.1, -0.05) is 18.2 Å². The van der Waals surface area contributed by atoms with Crippen molar-refractivity contribution in [2.75, 3.05) is 0 Å². The predicted octanol–water partition coefficient (Wildman–Crippen LogP) is 2.20. The number of fused-ring (bicyclic) bond motifs is 1. The molecule has 2 heterocycles. The fourth-order valence-corrected chi connectivity index (χ4v) is 3.79. The zero-order valence-electron chi connectivity index (χ0n) is 12.0. The van der Waals surface area contributed by atoms with Gasteiger partial charge >= 0.3 is 0 Å². The summed E-state index contributed by atoms with van der Waals surface area (Å²) >= 11 is 0. The molecule has 0 bridgehead atoms. The fraction of sp³-hybridized carbons (Fsp3) is 0.188. The van der Waals surface area contributed by atoms with Crippen LogP contribution in [0.2, 0.25) is 0 Å². The maximum absolute atomic E-state index is 12.7. The van der Waals surface area contributed by atoms with Crippen LogP contribution in [0.4, 0.5) is 0 Å². The highest BCUT2D eigenvalue weighted by molar-refractivity contribution is 7.90. The number of aliphatic hydroxyl groups excluding tert-OH is 1. The first-order valence-corrected chi connectivity index (χ1v) is 8.38. The first kappa shape index (κ1) is 14.7. The van der Waals surface area contributed by atoms with E-state index in [9.17, 15) is 13.5 Å². The van der Waals surface area contributed by atoms with Crippen molar-refractivity contribution in [3.63, 3.8) is 0 Å². The number of rotatable bonds is 4. The van der Waals surface area contributed by atoms with Crippen LogP contribution in [0.5, 0.6) is 0 Å². The normalized spacial score (nSPS) is 13.4. The summed E-state index contributed by atoms with van der Waals surface area (Å²) in [5.74, 6) is 0. The lowest BCUT2D eigenvalue weighted by Gasteiger charge is -2.08. The number of nitrogens with zero attached hydrogens (tertiary/aromatic N) is 2. The Morgan fingerprint density at radius 2 is 1.91 bits per heavy atom. The van der Waals surface area contributed by atoms with E-state index in [0.717, 1.165) is 10.9 Å². The molecule has 0 spiro atoms. The average molecular weight is 316 g/mol. The van der Waals surface area contributed by atoms with Gasteiger partial charge in [-0.05, 0) is 43.2 Å². The average Bonchev–Trinajstić information content (AvgIpc) is 2.93. The Morgan fingerprint density at radius 3 is 2.59 bits per heavy atom. The molecule has 114 valence electrons. The smallest absolute Gasteiger partial charge is 0.269 e. The summed E-state index contributed by atoms with van der Waals surface area (Å²) in [6.07, 6.45) is 3.02. The molecule has 0 aliphatic heterocycles. The van der Waals surface area contributed by atoms with Crippen LogP contribution in [-0.2, 0) is 16.4 Å². The highest BCUT2D eigenvalue weighted by Crippen LogP contribution is 2.23. The van der Waals surface area contributed by atoms with Gasteiger partial charge in [-0.15, -0.1) is 0 Å². The SMILES string of the molecule is CC(O)Cc1ccnc2c1ccn2S(=O)(=O)c1ccccc1. The van der Waals surface area contributed by atoms with Crippen molar-refractivity contribution < 1.29 is 13.5 Å². The van der Waals surface area contributed by atoms with Gasteiger partial charge in [0, 0.05) is 17.8 Å². The summed E-state index contributed by atoms with van der Waals surface area (Å²) in [6, 6.07) is 11.8. The molecule has 0 fully saturated rings. The van der Waals surface area contributed by atoms with Crippen molar-refractivity contribution in [3.05, 3.63) is 60.4 Å². The Labute approximate surface area is 128 Å². The van der Waals surface area contributed by atoms with Crippen LogP contribution < -0.4 is 0 Å². The molecule has 1 N–H and O–H groups in total. The minimum atomic E-state index is -3.68. The quantitative estimate of drug-likeness (QED) is 0.801. The van der Waals surface area contributed by atoms with E-state index in [1.807, 2.05) is 0 Å². The third-order valence-electron chi connectivity index (χ3n) is 3.46. The number of pyridine rings is 1. The third-order valence-corrected chi connectivity index (χ3v) is 5.14. The number of aliphatic hydroxyl groups is 1. The third kappa shape index (κ3) is 2.51. The first-order chi connectivity index (χ1) is 10.5. The predicted molar refractivity (Wildman–Crippen MR) is 84.1 cm³/mol. The first-order valence-electron chi connectivity index (χ1n) is 6.94. The van der Waals surface area contributed by atoms with E-state index in [2.05, 4.69) is 4.98 Å². The zero-order valence-corrected chi connectivity index (χ0v) is 12.9. The molecule has 6 heteroatoms. The molecule has 0 radical (unpaired) electrons. The summed E-state index contributed by atoms with van der Waals surface area (Å²) in [5, 5.41) is 10.3. The lowest BCUT2D eigenvalue weighted by molar-refractivity contribution is 0.196. The van der Waals surface area contributed by atoms with Crippen LogP contribution in [0.25, 0.3) is 11.0 Å². The second-order valence-electron chi connectivity index (χ2n) is 5.19. The molecule has 1 aromatic carbocycles. The molecule has 0 aliphatic carbocycles. The largest absolute Gasteiger partial charge is 0.393 e. The molecule has 1 atom stereocenters. The Hall–Kier alpha value is -2.18. The summed E-state index contributed by atoms with van der Waals surface area (Å²) in [7, 11) is -3.68. The van der Waals surface area contributed by atoms with Crippen molar-refractivity contribution >= 4 is 21.1 Å². The van der Waals surface area contributed by atoms with Crippen LogP contribution in [0, 0.1) is 0 Å². The highest BCUT2D eigenvalue weighted by atomic mass is 32.2. The van der Waals surface area contributed by atoms with Crippen molar-refractivity contribution in [2.24, 2.45) is 0 Å². The number of benzene rings is 1. The van der Waals surface area contributed by atoms with Crippen molar-refractivity contribution in [1.82, 2.24) is 8.96 Å². The second-order valence-corrected chi connectivity index (χ2v) is 7.01. The monoisotopic (exact) mass is 316 g/mol. The van der Waals surface area contributed by atoms with Crippen LogP contribution in [0.3, 0.4) is 0 Å². The molecular formula is C16H16N2O3S. The lowest BCUT2D eigenvalue weighted by Crippen LogP contribution is -2.12. The van der Waals surface area contributed by atoms with E-state index in [1.54, 1.807) is 55.6 Å². The fourth-order valence-electron chi connectivity index (χ4n) is 2.47. The van der Waals surface area contributed by atoms with E-state index in [0.29, 0.717) is 12.1 Å². The van der Waals surface area contributed by atoms with E-state index in [1.165, 1.54) is 10.2 Å². The summed E-state index contributed by atoms with van der Waals surface area (Å²) in [5.41, 5.74) is 1.25. The van der Waals surface area contributed by atoms with Crippen molar-refractivity contribution in [2.45, 2.75) is 24.3 Å². The Balaban J connectivity index is 2.17. The highest BCUT2D eigenvalue weighted by Gasteiger charge is 2.20. The number of hydrogen-bond acceptors (Lipinski definition) is 4. The lowest BCUT2D eigenvalue weighted by atomic mass is 10.1. The number of aromatic nitrogens is 2. The van der Waals surface area contributed by atoms with Gasteiger partial charge in [-0.2, -0.15) is 0 Å². The Kier molecular flexibility index (Phi) is 3.72. The van der Waals surface area contributed by atoms with Gasteiger partial charge in [0.15, 0.2) is 5.65 Å². The van der Waals surface area contributed by atoms with Gasteiger partial charge in [0.2, 0.25) is 0 Å². The topological polar surface area (TPSA) is 72.2 Å². The van der Waals surface area contributed by atoms with Crippen molar-refractivity contribution in [3.8, 4) is 0 Å². The molecule has 22 heavy (non-hydrogen) atoms. The Morgan fingerprint density at radius 1 is 1.18 bits per heavy atom. The van der Waals surface area contributed by atoms with Crippen molar-refractivity contribution in [1.29, 1.82) is 0 Å². The molecule has 1 unspecified atom stereocenters. The molecular weight excluding hydrogens is 300 g/mol. The zero-order chi connectivity index (χ0) is 15.7. The van der Waals surface area contributed by atoms with Gasteiger partial charge in [0.05, 0.1) is 11.0 Å². The molecule has 3 aromatic rings. The van der Waals surface area contributed by atoms with Crippen LogP contribution in [-0.4, -0.2) is 28.6 Å². The van der Waals surface area contributed by atoms with Gasteiger partial charge in [0.25, 0.3) is 10.0 Å². The molecule has 0 amide bonds. The molecule has 3 rings (SSSR count). The molecule has 0 aliphatic rings. The molecule has 5 nitrogen and oxygen atoms in total. The van der Waals surface area contributed by atoms with E-state index in [4.69, 9.17) is 0 Å². The minimum absolute atomic E-state index is 0.218. The standard InChI is InChI=1S/C16H16N2O3S/c1-12(19)11-13-7-9-17-16-15(13)8-10-18(16)22(20,21)14-5-3-2-4-6-14/h2-10,12,19H,11H2,1H3. The summed E-state index contributed by atoms with van der Waals surface area (Å²) < 4.78 is 26.6. The number of hydrogen-bond donors (Lipinski definition) is 1. The molecule has 2 aromatic heterocycles. The molecule has 0 saturated carbocycles. The van der Waals surface area contributed by atoms with E-state index >= 15 is 0 Å². The van der Waals surface area contributed by atoms with Gasteiger partial charge < -0.3 is 5.11 Å². The molecule has 0 saturated heterocycles. The second kappa shape index (κ2) is 5.55. The van der Waals surface area contributed by atoms with Crippen LogP contribution in [0.15, 0.2) is 59.8 Å². The van der Waals surface area contributed by atoms with Crippen LogP contribution >= 0.6 is 0 Å². The van der Waals surface area contributed by atoms with E-state index in [-0.39, 0.29) is 4.90 Å². The van der Waals surface area contributed by atoms with E-state index < -0.39 is 16.1 Å². The maximum Gasteiger partial charge on any atom is 0.269 e. The van der Waals surface area contributed by atoms with Gasteiger partial charge in [0.1, 0.15) is 0 Å². The van der Waals surface area contributed by atoms with Gasteiger partial charge in [-0.3, -0.25) is 0 Å². The maximum atomic E-state index is 12.7.